The van der Waals surface area contributed by atoms with Crippen molar-refractivity contribution >= 4 is 5.97 Å². The molecule has 0 saturated heterocycles. The van der Waals surface area contributed by atoms with E-state index in [-0.39, 0.29) is 17.6 Å². The summed E-state index contributed by atoms with van der Waals surface area (Å²) in [5.41, 5.74) is 1.66. The van der Waals surface area contributed by atoms with Crippen LogP contribution >= 0.6 is 0 Å². The number of nitrogens with zero attached hydrogens (tertiary/aromatic N) is 2. The second-order valence-electron chi connectivity index (χ2n) is 9.65. The van der Waals surface area contributed by atoms with Crippen molar-refractivity contribution in [3.8, 4) is 0 Å². The Balaban J connectivity index is 1.47. The van der Waals surface area contributed by atoms with Crippen LogP contribution in [0.1, 0.15) is 93.6 Å². The Labute approximate surface area is 187 Å². The molecule has 2 aliphatic rings. The van der Waals surface area contributed by atoms with E-state index < -0.39 is 5.97 Å². The summed E-state index contributed by atoms with van der Waals surface area (Å²) in [6, 6.07) is 3.94. The van der Waals surface area contributed by atoms with Crippen molar-refractivity contribution in [2.45, 2.75) is 96.1 Å². The van der Waals surface area contributed by atoms with E-state index in [1.54, 1.807) is 6.20 Å². The molecule has 1 N–H and O–H groups in total. The molecule has 1 heterocycles. The third-order valence-corrected chi connectivity index (χ3v) is 8.13. The van der Waals surface area contributed by atoms with Crippen LogP contribution in [0, 0.1) is 23.8 Å². The van der Waals surface area contributed by atoms with Crippen molar-refractivity contribution in [2.24, 2.45) is 17.3 Å². The van der Waals surface area contributed by atoms with Gasteiger partial charge in [0.15, 0.2) is 0 Å². The quantitative estimate of drug-likeness (QED) is 0.369. The van der Waals surface area contributed by atoms with Gasteiger partial charge in [0.25, 0.3) is 0 Å². The van der Waals surface area contributed by atoms with Gasteiger partial charge in [0.1, 0.15) is 5.69 Å². The minimum atomic E-state index is -0.397. The number of hydrogen-bond donors (Lipinski definition) is 1. The molecule has 2 aliphatic carbocycles. The first-order chi connectivity index (χ1) is 15.0. The number of methoxy groups -OCH3 is 1. The predicted molar refractivity (Wildman–Crippen MR) is 122 cm³/mol. The summed E-state index contributed by atoms with van der Waals surface area (Å²) < 4.78 is 4.76. The average molecular weight is 427 g/mol. The molecule has 1 aromatic rings. The zero-order valence-electron chi connectivity index (χ0n) is 19.2. The molecule has 5 nitrogen and oxygen atoms in total. The molecule has 0 bridgehead atoms. The van der Waals surface area contributed by atoms with Gasteiger partial charge in [0, 0.05) is 18.5 Å². The molecule has 3 rings (SSSR count). The van der Waals surface area contributed by atoms with Gasteiger partial charge in [-0.05, 0) is 86.8 Å². The van der Waals surface area contributed by atoms with Crippen LogP contribution in [0.25, 0.3) is 4.85 Å². The molecule has 0 spiro atoms. The van der Waals surface area contributed by atoms with Gasteiger partial charge in [0.2, 0.25) is 6.04 Å². The highest BCUT2D eigenvalue weighted by Crippen LogP contribution is 2.48. The monoisotopic (exact) mass is 426 g/mol. The van der Waals surface area contributed by atoms with Crippen LogP contribution in [0.5, 0.6) is 0 Å². The first-order valence-corrected chi connectivity index (χ1v) is 12.1. The van der Waals surface area contributed by atoms with E-state index in [2.05, 4.69) is 16.8 Å². The van der Waals surface area contributed by atoms with Crippen molar-refractivity contribution in [3.63, 3.8) is 0 Å². The normalized spacial score (nSPS) is 25.4. The second kappa shape index (κ2) is 11.1. The number of aryl methyl sites for hydroxylation is 1. The van der Waals surface area contributed by atoms with E-state index >= 15 is 0 Å². The maximum atomic E-state index is 11.7. The second-order valence-corrected chi connectivity index (χ2v) is 9.65. The summed E-state index contributed by atoms with van der Waals surface area (Å²) in [7, 11) is 1.37. The number of rotatable bonds is 11. The van der Waals surface area contributed by atoms with Crippen molar-refractivity contribution < 1.29 is 14.6 Å². The summed E-state index contributed by atoms with van der Waals surface area (Å²) in [5, 5.41) is 10.7. The molecule has 2 saturated carbocycles. The molecular weight excluding hydrogens is 388 g/mol. The number of aliphatic hydroxyl groups is 1. The SMILES string of the molecule is [C-]#[N+][C@@H]1CC[C@H](CCCc2ccnc(C(=O)OC)c2)[C@H]1CCCC(O)C1(CC)CCC1. The van der Waals surface area contributed by atoms with Crippen molar-refractivity contribution in [3.05, 3.63) is 41.0 Å². The molecule has 4 atom stereocenters. The molecule has 1 aromatic heterocycles. The highest BCUT2D eigenvalue weighted by molar-refractivity contribution is 5.87. The summed E-state index contributed by atoms with van der Waals surface area (Å²) in [5.74, 6) is 0.667. The average Bonchev–Trinajstić information content (AvgIpc) is 3.15. The van der Waals surface area contributed by atoms with Crippen LogP contribution in [-0.2, 0) is 11.2 Å². The fourth-order valence-corrected chi connectivity index (χ4v) is 5.89. The Morgan fingerprint density at radius 2 is 2.16 bits per heavy atom. The van der Waals surface area contributed by atoms with E-state index in [4.69, 9.17) is 11.3 Å². The third-order valence-electron chi connectivity index (χ3n) is 8.13. The Morgan fingerprint density at radius 3 is 2.81 bits per heavy atom. The van der Waals surface area contributed by atoms with E-state index in [0.717, 1.165) is 63.4 Å². The molecule has 1 unspecified atom stereocenters. The number of carbonyl (C=O) groups is 1. The lowest BCUT2D eigenvalue weighted by molar-refractivity contribution is -0.0437. The smallest absolute Gasteiger partial charge is 0.356 e. The zero-order valence-corrected chi connectivity index (χ0v) is 19.2. The van der Waals surface area contributed by atoms with Gasteiger partial charge < -0.3 is 14.7 Å². The molecule has 5 heteroatoms. The fraction of sp³-hybridized carbons (Fsp3) is 0.731. The summed E-state index contributed by atoms with van der Waals surface area (Å²) in [4.78, 5) is 19.7. The number of carbonyl (C=O) groups excluding carboxylic acids is 1. The number of aromatic nitrogens is 1. The molecule has 0 aromatic carbocycles. The lowest BCUT2D eigenvalue weighted by atomic mass is 9.62. The van der Waals surface area contributed by atoms with Gasteiger partial charge in [0.05, 0.1) is 13.2 Å². The Kier molecular flexibility index (Phi) is 8.49. The summed E-state index contributed by atoms with van der Waals surface area (Å²) in [6.45, 7) is 9.84. The Hall–Kier alpha value is -1.93. The molecular formula is C26H38N2O3. The molecule has 0 amide bonds. The Bertz CT molecular complexity index is 763. The molecule has 31 heavy (non-hydrogen) atoms. The predicted octanol–water partition coefficient (Wildman–Crippen LogP) is 5.62. The van der Waals surface area contributed by atoms with Crippen LogP contribution in [0.2, 0.25) is 0 Å². The maximum absolute atomic E-state index is 11.7. The van der Waals surface area contributed by atoms with Crippen LogP contribution in [-0.4, -0.2) is 35.3 Å². The lowest BCUT2D eigenvalue weighted by Crippen LogP contribution is -2.40. The molecule has 0 aliphatic heterocycles. The highest BCUT2D eigenvalue weighted by Gasteiger charge is 2.42. The van der Waals surface area contributed by atoms with Gasteiger partial charge in [-0.1, -0.05) is 19.8 Å². The fourth-order valence-electron chi connectivity index (χ4n) is 5.89. The van der Waals surface area contributed by atoms with Crippen molar-refractivity contribution in [1.29, 1.82) is 0 Å². The number of hydrogen-bond acceptors (Lipinski definition) is 4. The third kappa shape index (κ3) is 5.66. The van der Waals surface area contributed by atoms with Crippen molar-refractivity contribution in [2.75, 3.05) is 7.11 Å². The zero-order chi connectivity index (χ0) is 22.3. The van der Waals surface area contributed by atoms with Crippen LogP contribution < -0.4 is 0 Å². The van der Waals surface area contributed by atoms with E-state index in [1.807, 2.05) is 12.1 Å². The summed E-state index contributed by atoms with van der Waals surface area (Å²) >= 11 is 0. The van der Waals surface area contributed by atoms with E-state index in [0.29, 0.717) is 17.5 Å². The number of aliphatic hydroxyl groups excluding tert-OH is 1. The van der Waals surface area contributed by atoms with E-state index in [9.17, 15) is 9.90 Å². The minimum absolute atomic E-state index is 0.151. The van der Waals surface area contributed by atoms with Crippen molar-refractivity contribution in [1.82, 2.24) is 4.98 Å². The first-order valence-electron chi connectivity index (χ1n) is 12.1. The first kappa shape index (κ1) is 23.7. The van der Waals surface area contributed by atoms with Gasteiger partial charge >= 0.3 is 5.97 Å². The standard InChI is InChI=1S/C26H38N2O3/c1-4-26(15-7-16-26)24(29)11-6-10-21-20(12-13-22(21)27-2)9-5-8-19-14-17-28-23(18-19)25(30)31-3/h14,17-18,20-22,24,29H,4-13,15-16H2,1,3H3/t20-,21+,22+,24?/m0/s1. The van der Waals surface area contributed by atoms with Gasteiger partial charge in [-0.15, -0.1) is 0 Å². The van der Waals surface area contributed by atoms with E-state index in [1.165, 1.54) is 26.4 Å². The minimum Gasteiger partial charge on any atom is -0.464 e. The number of esters is 1. The molecule has 0 radical (unpaired) electrons. The summed E-state index contributed by atoms with van der Waals surface area (Å²) in [6.07, 6.45) is 14.4. The largest absolute Gasteiger partial charge is 0.464 e. The maximum Gasteiger partial charge on any atom is 0.356 e. The lowest BCUT2D eigenvalue weighted by Gasteiger charge is -2.45. The Morgan fingerprint density at radius 1 is 1.35 bits per heavy atom. The van der Waals surface area contributed by atoms with Crippen LogP contribution in [0.4, 0.5) is 0 Å². The highest BCUT2D eigenvalue weighted by atomic mass is 16.5. The van der Waals surface area contributed by atoms with Crippen LogP contribution in [0.15, 0.2) is 18.3 Å². The topological polar surface area (TPSA) is 63.8 Å². The molecule has 170 valence electrons. The number of ether oxygens (including phenoxy) is 1. The van der Waals surface area contributed by atoms with Gasteiger partial charge in [-0.25, -0.2) is 16.4 Å². The van der Waals surface area contributed by atoms with Crippen LogP contribution in [0.3, 0.4) is 0 Å². The van der Waals surface area contributed by atoms with Gasteiger partial charge in [-0.3, -0.25) is 0 Å². The van der Waals surface area contributed by atoms with Gasteiger partial charge in [-0.2, -0.15) is 0 Å². The molecule has 2 fully saturated rings. The number of pyridine rings is 1.